The van der Waals surface area contributed by atoms with E-state index in [2.05, 4.69) is 26.8 Å². The molecule has 0 amide bonds. The summed E-state index contributed by atoms with van der Waals surface area (Å²) in [6, 6.07) is 0. The number of methoxy groups -OCH3 is 1. The number of carbonyl (C=O) groups excluding carboxylic acids is 3. The van der Waals surface area contributed by atoms with Crippen LogP contribution in [0.2, 0.25) is 0 Å². The maximum absolute atomic E-state index is 13.8. The van der Waals surface area contributed by atoms with Crippen LogP contribution in [0.15, 0.2) is 23.8 Å². The second kappa shape index (κ2) is 8.46. The maximum Gasteiger partial charge on any atom is 0.330 e. The summed E-state index contributed by atoms with van der Waals surface area (Å²) in [5.41, 5.74) is 1.19. The molecule has 5 nitrogen and oxygen atoms in total. The molecule has 0 heterocycles. The van der Waals surface area contributed by atoms with Gasteiger partial charge in [0.1, 0.15) is 11.9 Å². The van der Waals surface area contributed by atoms with E-state index in [-0.39, 0.29) is 40.7 Å². The summed E-state index contributed by atoms with van der Waals surface area (Å²) in [4.78, 5) is 36.8. The van der Waals surface area contributed by atoms with E-state index in [1.807, 2.05) is 6.08 Å². The molecule has 0 aromatic rings. The van der Waals surface area contributed by atoms with Crippen molar-refractivity contribution in [3.8, 4) is 0 Å². The smallest absolute Gasteiger partial charge is 0.330 e. The zero-order chi connectivity index (χ0) is 23.3. The monoisotopic (exact) mass is 442 g/mol. The lowest BCUT2D eigenvalue weighted by molar-refractivity contribution is -0.166. The highest BCUT2D eigenvalue weighted by molar-refractivity contribution is 5.85. The fourth-order valence-electron chi connectivity index (χ4n) is 8.08. The van der Waals surface area contributed by atoms with Gasteiger partial charge in [-0.3, -0.25) is 9.59 Å². The molecular formula is C27H38O5. The molecule has 0 saturated heterocycles. The van der Waals surface area contributed by atoms with Crippen LogP contribution >= 0.6 is 0 Å². The van der Waals surface area contributed by atoms with Crippen LogP contribution in [0.4, 0.5) is 0 Å². The van der Waals surface area contributed by atoms with E-state index in [0.29, 0.717) is 30.0 Å². The summed E-state index contributed by atoms with van der Waals surface area (Å²) in [6.07, 6.45) is 12.3. The van der Waals surface area contributed by atoms with Crippen molar-refractivity contribution in [3.63, 3.8) is 0 Å². The van der Waals surface area contributed by atoms with Crippen molar-refractivity contribution >= 4 is 17.7 Å². The molecule has 3 fully saturated rings. The summed E-state index contributed by atoms with van der Waals surface area (Å²) in [5.74, 6) is 1.46. The Morgan fingerprint density at radius 1 is 1.22 bits per heavy atom. The van der Waals surface area contributed by atoms with Crippen molar-refractivity contribution in [1.29, 1.82) is 0 Å². The molecule has 3 unspecified atom stereocenters. The fraction of sp³-hybridized carbons (Fsp3) is 0.741. The normalized spacial score (nSPS) is 41.8. The first kappa shape index (κ1) is 23.3. The van der Waals surface area contributed by atoms with Gasteiger partial charge in [0.2, 0.25) is 0 Å². The van der Waals surface area contributed by atoms with Gasteiger partial charge >= 0.3 is 11.9 Å². The first-order chi connectivity index (χ1) is 15.1. The van der Waals surface area contributed by atoms with E-state index in [9.17, 15) is 14.4 Å². The number of esters is 2. The predicted octanol–water partition coefficient (Wildman–Crippen LogP) is 5.04. The predicted molar refractivity (Wildman–Crippen MR) is 121 cm³/mol. The van der Waals surface area contributed by atoms with Crippen LogP contribution in [-0.2, 0) is 23.9 Å². The molecular weight excluding hydrogens is 404 g/mol. The van der Waals surface area contributed by atoms with Crippen LogP contribution in [0, 0.1) is 40.4 Å². The summed E-state index contributed by atoms with van der Waals surface area (Å²) in [7, 11) is 1.39. The number of ketones is 1. The average molecular weight is 443 g/mol. The third-order valence-electron chi connectivity index (χ3n) is 9.49. The number of fused-ring (bicyclic) bond motifs is 5. The van der Waals surface area contributed by atoms with Gasteiger partial charge in [0.25, 0.3) is 0 Å². The molecule has 0 spiro atoms. The van der Waals surface area contributed by atoms with E-state index in [4.69, 9.17) is 9.47 Å². The van der Waals surface area contributed by atoms with E-state index >= 15 is 0 Å². The Balaban J connectivity index is 1.54. The summed E-state index contributed by atoms with van der Waals surface area (Å²) in [6.45, 7) is 8.22. The number of Topliss-reactive ketones (excluding diaryl/α,β-unsaturated/α-hetero) is 1. The Morgan fingerprint density at radius 2 is 1.97 bits per heavy atom. The first-order valence-electron chi connectivity index (χ1n) is 12.3. The second-order valence-electron chi connectivity index (χ2n) is 11.2. The molecule has 0 aliphatic heterocycles. The Hall–Kier alpha value is -1.91. The SMILES string of the molecule is COC(=O)C=C[C@@H](C)C1=CCC2C3CC[C@@H]4C[C@@H](OC(C)=O)CC[C@]4(C)C3C(=O)C[C@]12C. The van der Waals surface area contributed by atoms with Gasteiger partial charge in [-0.2, -0.15) is 0 Å². The van der Waals surface area contributed by atoms with Gasteiger partial charge in [0.15, 0.2) is 0 Å². The third-order valence-corrected chi connectivity index (χ3v) is 9.49. The van der Waals surface area contributed by atoms with Gasteiger partial charge in [-0.05, 0) is 73.0 Å². The van der Waals surface area contributed by atoms with Gasteiger partial charge in [0, 0.05) is 25.3 Å². The molecule has 5 heteroatoms. The Kier molecular flexibility index (Phi) is 6.15. The number of carbonyl (C=O) groups is 3. The molecule has 0 radical (unpaired) electrons. The molecule has 32 heavy (non-hydrogen) atoms. The van der Waals surface area contributed by atoms with Crippen LogP contribution in [0.25, 0.3) is 0 Å². The minimum absolute atomic E-state index is 0.00767. The van der Waals surface area contributed by atoms with E-state index in [0.717, 1.165) is 38.5 Å². The number of hydrogen-bond acceptors (Lipinski definition) is 5. The van der Waals surface area contributed by atoms with Crippen molar-refractivity contribution in [2.24, 2.45) is 40.4 Å². The summed E-state index contributed by atoms with van der Waals surface area (Å²) in [5, 5.41) is 0. The fourth-order valence-corrected chi connectivity index (χ4v) is 8.08. The molecule has 0 aromatic carbocycles. The Labute approximate surface area is 192 Å². The van der Waals surface area contributed by atoms with Gasteiger partial charge in [0.05, 0.1) is 7.11 Å². The third kappa shape index (κ3) is 3.76. The number of ether oxygens (including phenoxy) is 2. The summed E-state index contributed by atoms with van der Waals surface area (Å²) < 4.78 is 10.3. The highest BCUT2D eigenvalue weighted by Crippen LogP contribution is 2.66. The van der Waals surface area contributed by atoms with Crippen LogP contribution in [0.5, 0.6) is 0 Å². The van der Waals surface area contributed by atoms with Crippen LogP contribution in [0.3, 0.4) is 0 Å². The lowest BCUT2D eigenvalue weighted by atomic mass is 9.44. The topological polar surface area (TPSA) is 69.7 Å². The number of allylic oxidation sites excluding steroid dienone is 3. The van der Waals surface area contributed by atoms with Gasteiger partial charge in [-0.1, -0.05) is 38.5 Å². The van der Waals surface area contributed by atoms with Crippen molar-refractivity contribution in [2.75, 3.05) is 7.11 Å². The van der Waals surface area contributed by atoms with Crippen molar-refractivity contribution in [2.45, 2.75) is 78.7 Å². The van der Waals surface area contributed by atoms with E-state index < -0.39 is 0 Å². The number of hydrogen-bond donors (Lipinski definition) is 0. The Morgan fingerprint density at radius 3 is 2.66 bits per heavy atom. The highest BCUT2D eigenvalue weighted by atomic mass is 16.5. The zero-order valence-corrected chi connectivity index (χ0v) is 20.2. The largest absolute Gasteiger partial charge is 0.466 e. The van der Waals surface area contributed by atoms with Crippen LogP contribution < -0.4 is 0 Å². The second-order valence-corrected chi connectivity index (χ2v) is 11.2. The molecule has 0 bridgehead atoms. The molecule has 3 saturated carbocycles. The molecule has 0 N–H and O–H groups in total. The van der Waals surface area contributed by atoms with Crippen LogP contribution in [-0.4, -0.2) is 30.9 Å². The van der Waals surface area contributed by atoms with E-state index in [1.165, 1.54) is 25.7 Å². The average Bonchev–Trinajstić information content (AvgIpc) is 3.07. The molecule has 4 aliphatic rings. The van der Waals surface area contributed by atoms with Gasteiger partial charge in [-0.15, -0.1) is 0 Å². The quantitative estimate of drug-likeness (QED) is 0.346. The standard InChI is InChI=1S/C27H38O5/c1-16(6-11-24(30)31-5)21-9-10-22-20-8-7-18-14-19(32-17(2)28)12-13-26(18,3)25(20)23(29)15-27(21,22)4/h6,9,11,16,18-20,22,25H,7-8,10,12-15H2,1-5H3/t16-,18-,19+,20?,22?,25?,26+,27-/m1/s1. The molecule has 176 valence electrons. The highest BCUT2D eigenvalue weighted by Gasteiger charge is 2.62. The van der Waals surface area contributed by atoms with Crippen molar-refractivity contribution in [1.82, 2.24) is 0 Å². The van der Waals surface area contributed by atoms with Crippen molar-refractivity contribution < 1.29 is 23.9 Å². The first-order valence-corrected chi connectivity index (χ1v) is 12.3. The Bertz CT molecular complexity index is 856. The van der Waals surface area contributed by atoms with Crippen molar-refractivity contribution in [3.05, 3.63) is 23.8 Å². The minimum Gasteiger partial charge on any atom is -0.466 e. The molecule has 4 rings (SSSR count). The zero-order valence-electron chi connectivity index (χ0n) is 20.2. The summed E-state index contributed by atoms with van der Waals surface area (Å²) >= 11 is 0. The number of rotatable bonds is 4. The minimum atomic E-state index is -0.340. The maximum atomic E-state index is 13.8. The van der Waals surface area contributed by atoms with Gasteiger partial charge < -0.3 is 9.47 Å². The lowest BCUT2D eigenvalue weighted by Gasteiger charge is -2.60. The molecule has 4 aliphatic carbocycles. The van der Waals surface area contributed by atoms with Gasteiger partial charge in [-0.25, -0.2) is 4.79 Å². The lowest BCUT2D eigenvalue weighted by Crippen LogP contribution is -2.57. The molecule has 0 aromatic heterocycles. The van der Waals surface area contributed by atoms with Crippen LogP contribution in [0.1, 0.15) is 72.6 Å². The molecule has 8 atom stereocenters. The van der Waals surface area contributed by atoms with E-state index in [1.54, 1.807) is 0 Å².